The molecule has 0 aliphatic heterocycles. The molecular weight excluding hydrogens is 262 g/mol. The number of amides is 1. The summed E-state index contributed by atoms with van der Waals surface area (Å²) in [7, 11) is 1.96. The number of hydrogen-bond acceptors (Lipinski definition) is 3. The molecule has 2 rings (SSSR count). The minimum atomic E-state index is 0.0493. The highest BCUT2D eigenvalue weighted by Crippen LogP contribution is 2.36. The predicted octanol–water partition coefficient (Wildman–Crippen LogP) is 2.23. The zero-order valence-corrected chi connectivity index (χ0v) is 14.1. The van der Waals surface area contributed by atoms with E-state index in [4.69, 9.17) is 5.73 Å². The summed E-state index contributed by atoms with van der Waals surface area (Å²) in [6.07, 6.45) is 8.27. The van der Waals surface area contributed by atoms with Gasteiger partial charge >= 0.3 is 0 Å². The van der Waals surface area contributed by atoms with E-state index in [-0.39, 0.29) is 11.4 Å². The summed E-state index contributed by atoms with van der Waals surface area (Å²) in [5.41, 5.74) is 6.24. The monoisotopic (exact) mass is 295 g/mol. The van der Waals surface area contributed by atoms with Crippen LogP contribution in [-0.2, 0) is 4.79 Å². The number of carbonyl (C=O) groups excluding carboxylic acids is 1. The third kappa shape index (κ3) is 3.98. The molecular formula is C17H33N3O. The van der Waals surface area contributed by atoms with Gasteiger partial charge in [-0.1, -0.05) is 26.7 Å². The third-order valence-corrected chi connectivity index (χ3v) is 5.43. The van der Waals surface area contributed by atoms with E-state index < -0.39 is 0 Å². The summed E-state index contributed by atoms with van der Waals surface area (Å²) >= 11 is 0. The van der Waals surface area contributed by atoms with Crippen molar-refractivity contribution in [1.82, 2.24) is 9.80 Å². The van der Waals surface area contributed by atoms with Gasteiger partial charge in [0.2, 0.25) is 5.91 Å². The highest BCUT2D eigenvalue weighted by atomic mass is 16.2. The lowest BCUT2D eigenvalue weighted by Gasteiger charge is -2.48. The molecule has 0 bridgehead atoms. The largest absolute Gasteiger partial charge is 0.342 e. The predicted molar refractivity (Wildman–Crippen MR) is 87.1 cm³/mol. The molecule has 122 valence electrons. The van der Waals surface area contributed by atoms with Crippen LogP contribution in [-0.4, -0.2) is 54.0 Å². The summed E-state index contributed by atoms with van der Waals surface area (Å²) in [6, 6.07) is 0.500. The molecule has 2 N–H and O–H groups in total. The van der Waals surface area contributed by atoms with Crippen molar-refractivity contribution >= 4 is 5.91 Å². The Kier molecular flexibility index (Phi) is 5.67. The minimum absolute atomic E-state index is 0.0493. The van der Waals surface area contributed by atoms with E-state index in [0.29, 0.717) is 19.1 Å². The third-order valence-electron chi connectivity index (χ3n) is 5.43. The maximum Gasteiger partial charge on any atom is 0.236 e. The van der Waals surface area contributed by atoms with E-state index in [1.807, 2.05) is 11.9 Å². The van der Waals surface area contributed by atoms with Crippen molar-refractivity contribution in [2.75, 3.05) is 26.7 Å². The summed E-state index contributed by atoms with van der Waals surface area (Å²) in [5, 5.41) is 0. The molecule has 2 saturated carbocycles. The summed E-state index contributed by atoms with van der Waals surface area (Å²) in [6.45, 7) is 6.72. The van der Waals surface area contributed by atoms with E-state index >= 15 is 0 Å². The molecule has 4 heteroatoms. The molecule has 2 aliphatic rings. The Morgan fingerprint density at radius 2 is 2.05 bits per heavy atom. The Morgan fingerprint density at radius 1 is 1.33 bits per heavy atom. The molecule has 2 aliphatic carbocycles. The molecule has 0 saturated heterocycles. The Balaban J connectivity index is 2.06. The van der Waals surface area contributed by atoms with Crippen LogP contribution in [0.5, 0.6) is 0 Å². The fourth-order valence-electron chi connectivity index (χ4n) is 3.93. The maximum atomic E-state index is 12.5. The first-order chi connectivity index (χ1) is 10.0. The van der Waals surface area contributed by atoms with E-state index in [1.165, 1.54) is 25.7 Å². The van der Waals surface area contributed by atoms with Crippen LogP contribution in [0.15, 0.2) is 0 Å². The first kappa shape index (κ1) is 16.8. The fraction of sp³-hybridized carbons (Fsp3) is 0.941. The van der Waals surface area contributed by atoms with Gasteiger partial charge < -0.3 is 10.6 Å². The number of carbonyl (C=O) groups is 1. The molecule has 0 aromatic carbocycles. The van der Waals surface area contributed by atoms with Crippen molar-refractivity contribution in [3.63, 3.8) is 0 Å². The standard InChI is InChI=1S/C17H33N3O/c1-4-10-20(12-16(21)19(3)15-7-8-15)17(13-18)9-5-6-14(2)11-17/h14-15H,4-13,18H2,1-3H3. The Hall–Kier alpha value is -0.610. The quantitative estimate of drug-likeness (QED) is 0.783. The summed E-state index contributed by atoms with van der Waals surface area (Å²) in [4.78, 5) is 16.9. The first-order valence-electron chi connectivity index (χ1n) is 8.73. The average Bonchev–Trinajstić information content (AvgIpc) is 3.30. The lowest BCUT2D eigenvalue weighted by molar-refractivity contribution is -0.134. The highest BCUT2D eigenvalue weighted by molar-refractivity contribution is 5.78. The van der Waals surface area contributed by atoms with Crippen LogP contribution in [0.25, 0.3) is 0 Å². The van der Waals surface area contributed by atoms with Crippen molar-refractivity contribution < 1.29 is 4.79 Å². The Morgan fingerprint density at radius 3 is 2.57 bits per heavy atom. The van der Waals surface area contributed by atoms with Gasteiger partial charge in [-0.3, -0.25) is 9.69 Å². The molecule has 21 heavy (non-hydrogen) atoms. The van der Waals surface area contributed by atoms with Crippen molar-refractivity contribution in [1.29, 1.82) is 0 Å². The number of likely N-dealkylation sites (N-methyl/N-ethyl adjacent to an activating group) is 1. The summed E-state index contributed by atoms with van der Waals surface area (Å²) < 4.78 is 0. The van der Waals surface area contributed by atoms with Crippen LogP contribution < -0.4 is 5.73 Å². The van der Waals surface area contributed by atoms with Crippen LogP contribution >= 0.6 is 0 Å². The van der Waals surface area contributed by atoms with Crippen LogP contribution in [0.1, 0.15) is 58.8 Å². The summed E-state index contributed by atoms with van der Waals surface area (Å²) in [5.74, 6) is 0.995. The molecule has 0 aromatic heterocycles. The number of nitrogens with two attached hydrogens (primary N) is 1. The smallest absolute Gasteiger partial charge is 0.236 e. The molecule has 0 spiro atoms. The van der Waals surface area contributed by atoms with Crippen LogP contribution in [0.4, 0.5) is 0 Å². The van der Waals surface area contributed by atoms with E-state index in [0.717, 1.165) is 31.7 Å². The van der Waals surface area contributed by atoms with Crippen molar-refractivity contribution in [2.24, 2.45) is 11.7 Å². The molecule has 0 radical (unpaired) electrons. The van der Waals surface area contributed by atoms with Gasteiger partial charge in [0.25, 0.3) is 0 Å². The number of rotatable bonds is 7. The maximum absolute atomic E-state index is 12.5. The molecule has 1 amide bonds. The van der Waals surface area contributed by atoms with Crippen LogP contribution in [0, 0.1) is 5.92 Å². The van der Waals surface area contributed by atoms with Gasteiger partial charge in [0.05, 0.1) is 6.54 Å². The Labute approximate surface area is 130 Å². The van der Waals surface area contributed by atoms with Gasteiger partial charge in [-0.25, -0.2) is 0 Å². The van der Waals surface area contributed by atoms with Gasteiger partial charge in [0, 0.05) is 25.2 Å². The second-order valence-corrected chi connectivity index (χ2v) is 7.29. The van der Waals surface area contributed by atoms with Crippen molar-refractivity contribution in [2.45, 2.75) is 70.4 Å². The Bertz CT molecular complexity index is 356. The van der Waals surface area contributed by atoms with Gasteiger partial charge in [0.1, 0.15) is 0 Å². The highest BCUT2D eigenvalue weighted by Gasteiger charge is 2.40. The van der Waals surface area contributed by atoms with E-state index in [1.54, 1.807) is 0 Å². The van der Waals surface area contributed by atoms with Gasteiger partial charge in [-0.05, 0) is 44.6 Å². The molecule has 0 heterocycles. The topological polar surface area (TPSA) is 49.6 Å². The number of nitrogens with zero attached hydrogens (tertiary/aromatic N) is 2. The minimum Gasteiger partial charge on any atom is -0.342 e. The van der Waals surface area contributed by atoms with E-state index in [9.17, 15) is 4.79 Å². The molecule has 2 atom stereocenters. The normalized spacial score (nSPS) is 29.7. The number of hydrogen-bond donors (Lipinski definition) is 1. The average molecular weight is 295 g/mol. The molecule has 0 aromatic rings. The SMILES string of the molecule is CCCN(CC(=O)N(C)C1CC1)C1(CN)CCCC(C)C1. The van der Waals surface area contributed by atoms with E-state index in [2.05, 4.69) is 18.7 Å². The van der Waals surface area contributed by atoms with Crippen LogP contribution in [0.2, 0.25) is 0 Å². The lowest BCUT2D eigenvalue weighted by atomic mass is 9.75. The second kappa shape index (κ2) is 7.10. The molecule has 2 fully saturated rings. The fourth-order valence-corrected chi connectivity index (χ4v) is 3.93. The van der Waals surface area contributed by atoms with Crippen molar-refractivity contribution in [3.8, 4) is 0 Å². The van der Waals surface area contributed by atoms with Gasteiger partial charge in [-0.2, -0.15) is 0 Å². The molecule has 4 nitrogen and oxygen atoms in total. The lowest BCUT2D eigenvalue weighted by Crippen LogP contribution is -2.58. The van der Waals surface area contributed by atoms with Gasteiger partial charge in [0.15, 0.2) is 0 Å². The zero-order chi connectivity index (χ0) is 15.5. The van der Waals surface area contributed by atoms with Gasteiger partial charge in [-0.15, -0.1) is 0 Å². The van der Waals surface area contributed by atoms with Crippen molar-refractivity contribution in [3.05, 3.63) is 0 Å². The molecule has 2 unspecified atom stereocenters. The zero-order valence-electron chi connectivity index (χ0n) is 14.1. The first-order valence-corrected chi connectivity index (χ1v) is 8.73. The van der Waals surface area contributed by atoms with Crippen LogP contribution in [0.3, 0.4) is 0 Å². The second-order valence-electron chi connectivity index (χ2n) is 7.29.